The van der Waals surface area contributed by atoms with Crippen LogP contribution in [0.15, 0.2) is 24.3 Å². The van der Waals surface area contributed by atoms with Crippen molar-refractivity contribution in [2.45, 2.75) is 32.4 Å². The molecular weight excluding hydrogens is 228 g/mol. The molecule has 0 aliphatic rings. The quantitative estimate of drug-likeness (QED) is 0.774. The van der Waals surface area contributed by atoms with E-state index < -0.39 is 0 Å². The molecule has 0 bridgehead atoms. The first-order valence-corrected chi connectivity index (χ1v) is 6.18. The molecule has 0 aromatic heterocycles. The molecule has 4 heteroatoms. The number of hydrogen-bond donors (Lipinski definition) is 2. The van der Waals surface area contributed by atoms with Gasteiger partial charge in [-0.3, -0.25) is 0 Å². The van der Waals surface area contributed by atoms with Crippen LogP contribution in [0.2, 0.25) is 0 Å². The number of rotatable bonds is 7. The lowest BCUT2D eigenvalue weighted by molar-refractivity contribution is 0.164. The molecule has 0 amide bonds. The van der Waals surface area contributed by atoms with Crippen LogP contribution >= 0.6 is 0 Å². The predicted octanol–water partition coefficient (Wildman–Crippen LogP) is 2.01. The van der Waals surface area contributed by atoms with E-state index in [0.717, 1.165) is 12.0 Å². The van der Waals surface area contributed by atoms with Crippen LogP contribution < -0.4 is 10.1 Å². The molecule has 0 saturated carbocycles. The van der Waals surface area contributed by atoms with E-state index in [1.165, 1.54) is 0 Å². The highest BCUT2D eigenvalue weighted by atomic mass is 16.5. The number of aliphatic hydroxyl groups excluding tert-OH is 1. The van der Waals surface area contributed by atoms with Gasteiger partial charge in [-0.15, -0.1) is 0 Å². The third-order valence-corrected chi connectivity index (χ3v) is 2.81. The molecule has 2 unspecified atom stereocenters. The smallest absolute Gasteiger partial charge is 0.174 e. The molecule has 4 nitrogen and oxygen atoms in total. The lowest BCUT2D eigenvalue weighted by Crippen LogP contribution is -2.28. The first kappa shape index (κ1) is 14.5. The molecule has 0 spiro atoms. The molecule has 2 N–H and O–H groups in total. The zero-order valence-electron chi connectivity index (χ0n) is 10.9. The third-order valence-electron chi connectivity index (χ3n) is 2.81. The normalized spacial score (nSPS) is 13.7. The molecular formula is C14H20N2O2. The molecule has 0 aliphatic carbocycles. The number of hydrogen-bond acceptors (Lipinski definition) is 4. The Balaban J connectivity index is 2.48. The van der Waals surface area contributed by atoms with Crippen LogP contribution in [0.25, 0.3) is 0 Å². The van der Waals surface area contributed by atoms with Gasteiger partial charge in [-0.25, -0.2) is 0 Å². The van der Waals surface area contributed by atoms with E-state index in [4.69, 9.17) is 10.00 Å². The zero-order chi connectivity index (χ0) is 13.4. The number of ether oxygens (including phenoxy) is 1. The second-order valence-electron chi connectivity index (χ2n) is 4.21. The monoisotopic (exact) mass is 248 g/mol. The number of benzene rings is 1. The second kappa shape index (κ2) is 7.70. The molecule has 2 atom stereocenters. The van der Waals surface area contributed by atoms with E-state index in [-0.39, 0.29) is 18.8 Å². The molecule has 0 radical (unpaired) electrons. The molecule has 0 saturated heterocycles. The summed E-state index contributed by atoms with van der Waals surface area (Å²) in [4.78, 5) is 0. The largest absolute Gasteiger partial charge is 0.479 e. The highest BCUT2D eigenvalue weighted by molar-refractivity contribution is 5.29. The van der Waals surface area contributed by atoms with Gasteiger partial charge in [-0.2, -0.15) is 5.26 Å². The SMILES string of the molecule is CCC(O)CNC(C)c1ccc(OCC#N)cc1. The molecule has 0 heterocycles. The number of nitrogens with one attached hydrogen (secondary N) is 1. The Labute approximate surface area is 108 Å². The maximum absolute atomic E-state index is 9.48. The summed E-state index contributed by atoms with van der Waals surface area (Å²) >= 11 is 0. The summed E-state index contributed by atoms with van der Waals surface area (Å²) < 4.78 is 5.18. The average molecular weight is 248 g/mol. The van der Waals surface area contributed by atoms with Gasteiger partial charge in [0.1, 0.15) is 11.8 Å². The Hall–Kier alpha value is -1.57. The van der Waals surface area contributed by atoms with Crippen LogP contribution in [0.1, 0.15) is 31.9 Å². The number of aliphatic hydroxyl groups is 1. The van der Waals surface area contributed by atoms with Gasteiger partial charge in [0, 0.05) is 12.6 Å². The molecule has 98 valence electrons. The van der Waals surface area contributed by atoms with Crippen LogP contribution in [-0.4, -0.2) is 24.4 Å². The zero-order valence-corrected chi connectivity index (χ0v) is 10.9. The van der Waals surface area contributed by atoms with Crippen molar-refractivity contribution in [1.29, 1.82) is 5.26 Å². The topological polar surface area (TPSA) is 65.3 Å². The molecule has 18 heavy (non-hydrogen) atoms. The van der Waals surface area contributed by atoms with Crippen LogP contribution in [0, 0.1) is 11.3 Å². The van der Waals surface area contributed by atoms with Crippen molar-refractivity contribution in [3.63, 3.8) is 0 Å². The summed E-state index contributed by atoms with van der Waals surface area (Å²) in [6.45, 7) is 4.66. The third kappa shape index (κ3) is 4.74. The van der Waals surface area contributed by atoms with Gasteiger partial charge in [-0.1, -0.05) is 19.1 Å². The fourth-order valence-electron chi connectivity index (χ4n) is 1.54. The first-order chi connectivity index (χ1) is 8.67. The molecule has 1 rings (SSSR count). The fourth-order valence-corrected chi connectivity index (χ4v) is 1.54. The highest BCUT2D eigenvalue weighted by Crippen LogP contribution is 2.17. The van der Waals surface area contributed by atoms with Gasteiger partial charge >= 0.3 is 0 Å². The predicted molar refractivity (Wildman–Crippen MR) is 70.3 cm³/mol. The number of nitrogens with zero attached hydrogens (tertiary/aromatic N) is 1. The Morgan fingerprint density at radius 1 is 1.39 bits per heavy atom. The lowest BCUT2D eigenvalue weighted by atomic mass is 10.1. The van der Waals surface area contributed by atoms with Crippen LogP contribution in [0.5, 0.6) is 5.75 Å². The summed E-state index contributed by atoms with van der Waals surface area (Å²) in [5.41, 5.74) is 1.13. The molecule has 1 aromatic carbocycles. The molecule has 0 aliphatic heterocycles. The average Bonchev–Trinajstić information content (AvgIpc) is 2.42. The minimum Gasteiger partial charge on any atom is -0.479 e. The van der Waals surface area contributed by atoms with Crippen molar-refractivity contribution in [2.75, 3.05) is 13.2 Å². The molecule has 1 aromatic rings. The van der Waals surface area contributed by atoms with Crippen molar-refractivity contribution < 1.29 is 9.84 Å². The van der Waals surface area contributed by atoms with Crippen LogP contribution in [-0.2, 0) is 0 Å². The highest BCUT2D eigenvalue weighted by Gasteiger charge is 2.07. The summed E-state index contributed by atoms with van der Waals surface area (Å²) in [6.07, 6.45) is 0.450. The van der Waals surface area contributed by atoms with Gasteiger partial charge in [0.05, 0.1) is 6.10 Å². The van der Waals surface area contributed by atoms with E-state index >= 15 is 0 Å². The van der Waals surface area contributed by atoms with Crippen LogP contribution in [0.3, 0.4) is 0 Å². The van der Waals surface area contributed by atoms with E-state index in [0.29, 0.717) is 12.3 Å². The van der Waals surface area contributed by atoms with Gasteiger partial charge in [0.25, 0.3) is 0 Å². The lowest BCUT2D eigenvalue weighted by Gasteiger charge is -2.17. The van der Waals surface area contributed by atoms with E-state index in [2.05, 4.69) is 5.32 Å². The second-order valence-corrected chi connectivity index (χ2v) is 4.21. The van der Waals surface area contributed by atoms with Crippen molar-refractivity contribution in [2.24, 2.45) is 0 Å². The number of nitriles is 1. The summed E-state index contributed by atoms with van der Waals surface area (Å²) in [6, 6.07) is 9.73. The fraction of sp³-hybridized carbons (Fsp3) is 0.500. The van der Waals surface area contributed by atoms with Crippen molar-refractivity contribution in [3.05, 3.63) is 29.8 Å². The van der Waals surface area contributed by atoms with Gasteiger partial charge in [0.15, 0.2) is 6.61 Å². The van der Waals surface area contributed by atoms with Gasteiger partial charge < -0.3 is 15.2 Å². The minimum absolute atomic E-state index is 0.0653. The summed E-state index contributed by atoms with van der Waals surface area (Å²) in [5, 5.41) is 21.2. The van der Waals surface area contributed by atoms with Crippen molar-refractivity contribution in [1.82, 2.24) is 5.32 Å². The first-order valence-electron chi connectivity index (χ1n) is 6.18. The Kier molecular flexibility index (Phi) is 6.20. The van der Waals surface area contributed by atoms with Gasteiger partial charge in [-0.05, 0) is 31.0 Å². The Morgan fingerprint density at radius 2 is 2.06 bits per heavy atom. The minimum atomic E-state index is -0.300. The van der Waals surface area contributed by atoms with E-state index in [1.807, 2.05) is 44.2 Å². The Morgan fingerprint density at radius 3 is 2.61 bits per heavy atom. The van der Waals surface area contributed by atoms with Gasteiger partial charge in [0.2, 0.25) is 0 Å². The van der Waals surface area contributed by atoms with Crippen LogP contribution in [0.4, 0.5) is 0 Å². The summed E-state index contributed by atoms with van der Waals surface area (Å²) in [5.74, 6) is 0.695. The van der Waals surface area contributed by atoms with E-state index in [9.17, 15) is 5.11 Å². The van der Waals surface area contributed by atoms with Crippen molar-refractivity contribution in [3.8, 4) is 11.8 Å². The summed E-state index contributed by atoms with van der Waals surface area (Å²) in [7, 11) is 0. The molecule has 0 fully saturated rings. The maximum Gasteiger partial charge on any atom is 0.174 e. The maximum atomic E-state index is 9.48. The standard InChI is InChI=1S/C14H20N2O2/c1-3-13(17)10-16-11(2)12-4-6-14(7-5-12)18-9-8-15/h4-7,11,13,16-17H,3,9-10H2,1-2H3. The van der Waals surface area contributed by atoms with Crippen molar-refractivity contribution >= 4 is 0 Å². The Bertz CT molecular complexity index is 384. The van der Waals surface area contributed by atoms with E-state index in [1.54, 1.807) is 0 Å².